The fraction of sp³-hybridized carbons (Fsp3) is 0.600. The van der Waals surface area contributed by atoms with E-state index < -0.39 is 11.9 Å². The van der Waals surface area contributed by atoms with Crippen LogP contribution in [0.3, 0.4) is 0 Å². The van der Waals surface area contributed by atoms with E-state index in [0.717, 1.165) is 57.2 Å². The van der Waals surface area contributed by atoms with E-state index in [9.17, 15) is 4.79 Å². The molecule has 1 saturated heterocycles. The second-order valence-electron chi connectivity index (χ2n) is 7.28. The second kappa shape index (κ2) is 11.4. The Morgan fingerprint density at radius 3 is 2.18 bits per heavy atom. The molecule has 1 amide bonds. The second-order valence-corrected chi connectivity index (χ2v) is 7.28. The summed E-state index contributed by atoms with van der Waals surface area (Å²) in [7, 11) is 0. The number of piperazine rings is 1. The summed E-state index contributed by atoms with van der Waals surface area (Å²) in [5.74, 6) is -2.47. The summed E-state index contributed by atoms with van der Waals surface area (Å²) >= 11 is 0. The Bertz CT molecular complexity index is 627. The number of nitrogens with zero attached hydrogens (tertiary/aromatic N) is 3. The first-order valence-corrected chi connectivity index (χ1v) is 9.82. The smallest absolute Gasteiger partial charge is 0.414 e. The zero-order chi connectivity index (χ0) is 20.4. The molecule has 0 aromatic carbocycles. The molecule has 1 aromatic heterocycles. The maximum atomic E-state index is 12.3. The van der Waals surface area contributed by atoms with Crippen molar-refractivity contribution in [1.82, 2.24) is 14.8 Å². The average Bonchev–Trinajstić information content (AvgIpc) is 3.21. The van der Waals surface area contributed by atoms with Gasteiger partial charge in [0, 0.05) is 45.3 Å². The first kappa shape index (κ1) is 21.8. The Morgan fingerprint density at radius 2 is 1.64 bits per heavy atom. The number of pyridine rings is 1. The van der Waals surface area contributed by atoms with Gasteiger partial charge < -0.3 is 15.1 Å². The van der Waals surface area contributed by atoms with Gasteiger partial charge in [0.15, 0.2) is 0 Å². The molecule has 1 aliphatic heterocycles. The molecule has 1 aromatic rings. The summed E-state index contributed by atoms with van der Waals surface area (Å²) in [4.78, 5) is 39.3. The molecule has 0 spiro atoms. The summed E-state index contributed by atoms with van der Waals surface area (Å²) < 4.78 is 0. The van der Waals surface area contributed by atoms with Crippen LogP contribution < -0.4 is 0 Å². The molecule has 0 radical (unpaired) electrons. The van der Waals surface area contributed by atoms with Crippen molar-refractivity contribution < 1.29 is 24.6 Å². The lowest BCUT2D eigenvalue weighted by Crippen LogP contribution is -2.48. The highest BCUT2D eigenvalue weighted by molar-refractivity contribution is 6.27. The number of hydrogen-bond acceptors (Lipinski definition) is 5. The standard InChI is InChI=1S/C18H27N3O.C2H2O4/c22-18(9-8-16-5-1-2-6-16)21-13-11-20(12-14-21)15-17-7-3-4-10-19-17;3-1(4)2(5)6/h3-4,7,10,16H,1-2,5-6,8-9,11-15H2;(H,3,4)(H,5,6). The van der Waals surface area contributed by atoms with E-state index in [-0.39, 0.29) is 0 Å². The van der Waals surface area contributed by atoms with Crippen molar-refractivity contribution in [1.29, 1.82) is 0 Å². The minimum atomic E-state index is -1.82. The van der Waals surface area contributed by atoms with Crippen molar-refractivity contribution in [2.24, 2.45) is 5.92 Å². The predicted octanol–water partition coefficient (Wildman–Crippen LogP) is 1.85. The normalized spacial score (nSPS) is 17.6. The minimum Gasteiger partial charge on any atom is -0.473 e. The summed E-state index contributed by atoms with van der Waals surface area (Å²) in [5, 5.41) is 14.8. The average molecular weight is 391 g/mol. The van der Waals surface area contributed by atoms with Crippen molar-refractivity contribution in [3.8, 4) is 0 Å². The Balaban J connectivity index is 0.000000409. The molecular weight excluding hydrogens is 362 g/mol. The van der Waals surface area contributed by atoms with Crippen LogP contribution in [0.4, 0.5) is 0 Å². The molecule has 2 heterocycles. The van der Waals surface area contributed by atoms with E-state index in [1.165, 1.54) is 25.7 Å². The van der Waals surface area contributed by atoms with Crippen molar-refractivity contribution in [3.63, 3.8) is 0 Å². The zero-order valence-corrected chi connectivity index (χ0v) is 16.1. The number of rotatable bonds is 5. The van der Waals surface area contributed by atoms with Gasteiger partial charge in [-0.25, -0.2) is 9.59 Å². The quantitative estimate of drug-likeness (QED) is 0.737. The topological polar surface area (TPSA) is 111 Å². The van der Waals surface area contributed by atoms with Gasteiger partial charge in [-0.05, 0) is 24.5 Å². The van der Waals surface area contributed by atoms with E-state index in [1.54, 1.807) is 0 Å². The molecule has 0 atom stereocenters. The van der Waals surface area contributed by atoms with Crippen molar-refractivity contribution >= 4 is 17.8 Å². The maximum absolute atomic E-state index is 12.3. The largest absolute Gasteiger partial charge is 0.473 e. The molecule has 2 fully saturated rings. The van der Waals surface area contributed by atoms with Crippen molar-refractivity contribution in [2.45, 2.75) is 45.1 Å². The van der Waals surface area contributed by atoms with Crippen LogP contribution in [0.25, 0.3) is 0 Å². The molecule has 8 nitrogen and oxygen atoms in total. The van der Waals surface area contributed by atoms with Gasteiger partial charge in [0.1, 0.15) is 0 Å². The van der Waals surface area contributed by atoms with Crippen LogP contribution in [0, 0.1) is 5.92 Å². The highest BCUT2D eigenvalue weighted by atomic mass is 16.4. The fourth-order valence-electron chi connectivity index (χ4n) is 3.66. The number of carbonyl (C=O) groups excluding carboxylic acids is 1. The first-order chi connectivity index (χ1) is 13.5. The highest BCUT2D eigenvalue weighted by Gasteiger charge is 2.23. The van der Waals surface area contributed by atoms with Gasteiger partial charge in [-0.15, -0.1) is 0 Å². The third-order valence-corrected chi connectivity index (χ3v) is 5.26. The van der Waals surface area contributed by atoms with Gasteiger partial charge in [-0.3, -0.25) is 14.7 Å². The van der Waals surface area contributed by atoms with Crippen LogP contribution in [0.15, 0.2) is 24.4 Å². The van der Waals surface area contributed by atoms with Gasteiger partial charge in [0.2, 0.25) is 5.91 Å². The van der Waals surface area contributed by atoms with E-state index in [4.69, 9.17) is 19.8 Å². The molecule has 1 aliphatic carbocycles. The van der Waals surface area contributed by atoms with Crippen LogP contribution >= 0.6 is 0 Å². The monoisotopic (exact) mass is 391 g/mol. The molecule has 154 valence electrons. The van der Waals surface area contributed by atoms with Gasteiger partial charge in [0.25, 0.3) is 0 Å². The molecule has 0 bridgehead atoms. The minimum absolute atomic E-state index is 0.365. The molecule has 0 unspecified atom stereocenters. The Kier molecular flexibility index (Phi) is 8.87. The van der Waals surface area contributed by atoms with E-state index in [2.05, 4.69) is 20.9 Å². The van der Waals surface area contributed by atoms with Crippen molar-refractivity contribution in [3.05, 3.63) is 30.1 Å². The van der Waals surface area contributed by atoms with Crippen LogP contribution in [0.5, 0.6) is 0 Å². The number of carboxylic acid groups (broad SMARTS) is 2. The van der Waals surface area contributed by atoms with Crippen LogP contribution in [-0.2, 0) is 20.9 Å². The Morgan fingerprint density at radius 1 is 1.00 bits per heavy atom. The number of carboxylic acids is 2. The number of aromatic nitrogens is 1. The number of aliphatic carboxylic acids is 2. The molecular formula is C20H29N3O5. The number of carbonyl (C=O) groups is 3. The van der Waals surface area contributed by atoms with Gasteiger partial charge in [-0.2, -0.15) is 0 Å². The van der Waals surface area contributed by atoms with Crippen LogP contribution in [0.2, 0.25) is 0 Å². The summed E-state index contributed by atoms with van der Waals surface area (Å²) in [6.07, 6.45) is 9.11. The summed E-state index contributed by atoms with van der Waals surface area (Å²) in [6.45, 7) is 4.56. The lowest BCUT2D eigenvalue weighted by atomic mass is 10.0. The van der Waals surface area contributed by atoms with Crippen LogP contribution in [0.1, 0.15) is 44.2 Å². The Labute approximate surface area is 165 Å². The number of hydrogen-bond donors (Lipinski definition) is 2. The van der Waals surface area contributed by atoms with Gasteiger partial charge in [0.05, 0.1) is 5.69 Å². The molecule has 2 aliphatic rings. The lowest BCUT2D eigenvalue weighted by molar-refractivity contribution is -0.159. The fourth-order valence-corrected chi connectivity index (χ4v) is 3.66. The molecule has 2 N–H and O–H groups in total. The Hall–Kier alpha value is -2.48. The lowest BCUT2D eigenvalue weighted by Gasteiger charge is -2.34. The molecule has 3 rings (SSSR count). The third-order valence-electron chi connectivity index (χ3n) is 5.26. The summed E-state index contributed by atoms with van der Waals surface area (Å²) in [5.41, 5.74) is 1.11. The van der Waals surface area contributed by atoms with E-state index in [0.29, 0.717) is 5.91 Å². The van der Waals surface area contributed by atoms with E-state index in [1.807, 2.05) is 18.3 Å². The third kappa shape index (κ3) is 7.64. The van der Waals surface area contributed by atoms with Crippen LogP contribution in [-0.4, -0.2) is 69.0 Å². The van der Waals surface area contributed by atoms with Crippen molar-refractivity contribution in [2.75, 3.05) is 26.2 Å². The van der Waals surface area contributed by atoms with E-state index >= 15 is 0 Å². The maximum Gasteiger partial charge on any atom is 0.414 e. The SMILES string of the molecule is O=C(CCC1CCCC1)N1CCN(Cc2ccccn2)CC1.O=C(O)C(=O)O. The highest BCUT2D eigenvalue weighted by Crippen LogP contribution is 2.28. The van der Waals surface area contributed by atoms with Gasteiger partial charge >= 0.3 is 11.9 Å². The predicted molar refractivity (Wildman–Crippen MR) is 103 cm³/mol. The molecule has 8 heteroatoms. The number of amides is 1. The van der Waals surface area contributed by atoms with Gasteiger partial charge in [-0.1, -0.05) is 31.7 Å². The molecule has 28 heavy (non-hydrogen) atoms. The first-order valence-electron chi connectivity index (χ1n) is 9.82. The summed E-state index contributed by atoms with van der Waals surface area (Å²) in [6, 6.07) is 6.05. The molecule has 1 saturated carbocycles. The zero-order valence-electron chi connectivity index (χ0n) is 16.1.